The third kappa shape index (κ3) is 5.09. The fourth-order valence-electron chi connectivity index (χ4n) is 3.75. The lowest BCUT2D eigenvalue weighted by Gasteiger charge is -2.27. The number of aliphatic hydroxyl groups is 1. The summed E-state index contributed by atoms with van der Waals surface area (Å²) in [5.74, 6) is -0.561. The van der Waals surface area contributed by atoms with E-state index in [1.54, 1.807) is 36.4 Å². The maximum atomic E-state index is 13.1. The summed E-state index contributed by atoms with van der Waals surface area (Å²) in [5.41, 5.74) is 2.21. The van der Waals surface area contributed by atoms with Gasteiger partial charge in [0.1, 0.15) is 12.4 Å². The Hall–Kier alpha value is -3.58. The average molecular weight is 451 g/mol. The number of likely N-dealkylation sites (tertiary alicyclic amines) is 1. The van der Waals surface area contributed by atoms with Crippen molar-refractivity contribution in [3.8, 4) is 11.5 Å². The van der Waals surface area contributed by atoms with E-state index in [-0.39, 0.29) is 11.3 Å². The van der Waals surface area contributed by atoms with Crippen LogP contribution in [0.4, 0.5) is 0 Å². The van der Waals surface area contributed by atoms with Gasteiger partial charge in [-0.2, -0.15) is 0 Å². The lowest BCUT2D eigenvalue weighted by molar-refractivity contribution is -0.140. The number of aryl methyl sites for hydroxylation is 1. The van der Waals surface area contributed by atoms with Crippen molar-refractivity contribution in [2.75, 3.05) is 40.9 Å². The minimum Gasteiger partial charge on any atom is -0.507 e. The summed E-state index contributed by atoms with van der Waals surface area (Å²) < 4.78 is 11.1. The second-order valence-corrected chi connectivity index (χ2v) is 8.17. The van der Waals surface area contributed by atoms with Crippen LogP contribution in [0.2, 0.25) is 0 Å². The van der Waals surface area contributed by atoms with Gasteiger partial charge in [0.05, 0.1) is 18.7 Å². The first-order valence-electron chi connectivity index (χ1n) is 10.7. The molecule has 0 aromatic heterocycles. The number of hydrogen-bond acceptors (Lipinski definition) is 6. The molecule has 1 atom stereocenters. The van der Waals surface area contributed by atoms with Gasteiger partial charge in [0.15, 0.2) is 11.5 Å². The molecule has 0 radical (unpaired) electrons. The zero-order valence-corrected chi connectivity index (χ0v) is 19.5. The molecule has 1 fully saturated rings. The Morgan fingerprint density at radius 2 is 1.85 bits per heavy atom. The Balaban J connectivity index is 2.15. The van der Waals surface area contributed by atoms with Crippen molar-refractivity contribution in [2.45, 2.75) is 13.0 Å². The van der Waals surface area contributed by atoms with Crippen LogP contribution in [0, 0.1) is 6.92 Å². The highest BCUT2D eigenvalue weighted by molar-refractivity contribution is 6.46. The van der Waals surface area contributed by atoms with Gasteiger partial charge in [0.25, 0.3) is 11.7 Å². The van der Waals surface area contributed by atoms with Gasteiger partial charge in [0.2, 0.25) is 0 Å². The van der Waals surface area contributed by atoms with Crippen LogP contribution in [-0.4, -0.2) is 67.5 Å². The number of aliphatic hydroxyl groups excluding tert-OH is 1. The van der Waals surface area contributed by atoms with Crippen LogP contribution in [0.1, 0.15) is 22.7 Å². The molecule has 2 aromatic rings. The Morgan fingerprint density at radius 1 is 1.15 bits per heavy atom. The molecule has 0 bridgehead atoms. The minimum absolute atomic E-state index is 0.0597. The highest BCUT2D eigenvalue weighted by Gasteiger charge is 2.46. The van der Waals surface area contributed by atoms with Gasteiger partial charge in [-0.25, -0.2) is 0 Å². The van der Waals surface area contributed by atoms with E-state index in [0.717, 1.165) is 5.56 Å². The average Bonchev–Trinajstić information content (AvgIpc) is 3.06. The Labute approximate surface area is 194 Å². The number of nitrogens with zero attached hydrogens (tertiary/aromatic N) is 2. The maximum absolute atomic E-state index is 13.1. The molecule has 7 nitrogen and oxygen atoms in total. The zero-order valence-electron chi connectivity index (χ0n) is 19.5. The van der Waals surface area contributed by atoms with Gasteiger partial charge < -0.3 is 24.4 Å². The van der Waals surface area contributed by atoms with Crippen molar-refractivity contribution in [3.63, 3.8) is 0 Å². The van der Waals surface area contributed by atoms with E-state index in [4.69, 9.17) is 9.47 Å². The molecule has 33 heavy (non-hydrogen) atoms. The monoisotopic (exact) mass is 450 g/mol. The van der Waals surface area contributed by atoms with Crippen molar-refractivity contribution in [3.05, 3.63) is 77.4 Å². The SMILES string of the molecule is C=CCOc1ccc(C2/C(=C(\O)c3ccc(C)cc3)C(=O)C(=O)N2CCN(C)C)cc1OC. The fourth-order valence-corrected chi connectivity index (χ4v) is 3.75. The summed E-state index contributed by atoms with van der Waals surface area (Å²) in [6.45, 7) is 6.78. The van der Waals surface area contributed by atoms with Crippen LogP contribution in [-0.2, 0) is 9.59 Å². The number of ketones is 1. The van der Waals surface area contributed by atoms with Gasteiger partial charge in [-0.1, -0.05) is 48.6 Å². The van der Waals surface area contributed by atoms with Gasteiger partial charge in [-0.05, 0) is 38.7 Å². The Bertz CT molecular complexity index is 1070. The first-order valence-corrected chi connectivity index (χ1v) is 10.7. The van der Waals surface area contributed by atoms with Crippen molar-refractivity contribution in [1.82, 2.24) is 9.80 Å². The number of methoxy groups -OCH3 is 1. The third-order valence-corrected chi connectivity index (χ3v) is 5.51. The number of carbonyl (C=O) groups is 2. The number of likely N-dealkylation sites (N-methyl/N-ethyl adjacent to an activating group) is 1. The van der Waals surface area contributed by atoms with Crippen molar-refractivity contribution in [2.24, 2.45) is 0 Å². The molecule has 1 aliphatic rings. The van der Waals surface area contributed by atoms with Crippen molar-refractivity contribution >= 4 is 17.4 Å². The number of ether oxygens (including phenoxy) is 2. The van der Waals surface area contributed by atoms with E-state index in [1.807, 2.05) is 38.1 Å². The van der Waals surface area contributed by atoms with Crippen LogP contribution in [0.3, 0.4) is 0 Å². The summed E-state index contributed by atoms with van der Waals surface area (Å²) >= 11 is 0. The number of benzene rings is 2. The highest BCUT2D eigenvalue weighted by atomic mass is 16.5. The molecule has 1 N–H and O–H groups in total. The number of amides is 1. The van der Waals surface area contributed by atoms with Gasteiger partial charge in [0, 0.05) is 18.7 Å². The molecule has 174 valence electrons. The van der Waals surface area contributed by atoms with Gasteiger partial charge in [-0.15, -0.1) is 0 Å². The first-order chi connectivity index (χ1) is 15.8. The lowest BCUT2D eigenvalue weighted by atomic mass is 9.94. The molecule has 1 amide bonds. The Morgan fingerprint density at radius 3 is 2.45 bits per heavy atom. The minimum atomic E-state index is -0.756. The number of rotatable bonds is 9. The highest BCUT2D eigenvalue weighted by Crippen LogP contribution is 2.41. The van der Waals surface area contributed by atoms with Gasteiger partial charge in [-0.3, -0.25) is 9.59 Å². The van der Waals surface area contributed by atoms with E-state index >= 15 is 0 Å². The van der Waals surface area contributed by atoms with E-state index in [2.05, 4.69) is 6.58 Å². The van der Waals surface area contributed by atoms with Crippen LogP contribution < -0.4 is 9.47 Å². The molecule has 0 aliphatic carbocycles. The quantitative estimate of drug-likeness (QED) is 0.272. The molecule has 1 saturated heterocycles. The molecule has 0 saturated carbocycles. The summed E-state index contributed by atoms with van der Waals surface area (Å²) in [6.07, 6.45) is 1.63. The fraction of sp³-hybridized carbons (Fsp3) is 0.308. The topological polar surface area (TPSA) is 79.3 Å². The summed E-state index contributed by atoms with van der Waals surface area (Å²) in [4.78, 5) is 29.5. The van der Waals surface area contributed by atoms with Crippen LogP contribution in [0.15, 0.2) is 60.7 Å². The lowest BCUT2D eigenvalue weighted by Crippen LogP contribution is -2.35. The van der Waals surface area contributed by atoms with Gasteiger partial charge >= 0.3 is 0 Å². The number of carbonyl (C=O) groups excluding carboxylic acids is 2. The number of Topliss-reactive ketones (excluding diaryl/α,β-unsaturated/α-hetero) is 1. The molecule has 1 aliphatic heterocycles. The van der Waals surface area contributed by atoms with Crippen molar-refractivity contribution in [1.29, 1.82) is 0 Å². The second kappa shape index (κ2) is 10.4. The molecule has 7 heteroatoms. The third-order valence-electron chi connectivity index (χ3n) is 5.51. The largest absolute Gasteiger partial charge is 0.507 e. The maximum Gasteiger partial charge on any atom is 0.295 e. The predicted octanol–water partition coefficient (Wildman–Crippen LogP) is 3.55. The summed E-state index contributed by atoms with van der Waals surface area (Å²) in [6, 6.07) is 11.7. The Kier molecular flexibility index (Phi) is 7.55. The molecule has 3 rings (SSSR count). The summed E-state index contributed by atoms with van der Waals surface area (Å²) in [5, 5.41) is 11.1. The second-order valence-electron chi connectivity index (χ2n) is 8.17. The molecule has 0 spiro atoms. The molecule has 1 heterocycles. The zero-order chi connectivity index (χ0) is 24.1. The van der Waals surface area contributed by atoms with E-state index < -0.39 is 17.7 Å². The van der Waals surface area contributed by atoms with Crippen LogP contribution >= 0.6 is 0 Å². The van der Waals surface area contributed by atoms with E-state index in [9.17, 15) is 14.7 Å². The van der Waals surface area contributed by atoms with Crippen LogP contribution in [0.25, 0.3) is 5.76 Å². The van der Waals surface area contributed by atoms with E-state index in [1.165, 1.54) is 12.0 Å². The smallest absolute Gasteiger partial charge is 0.295 e. The molecule has 1 unspecified atom stereocenters. The molecule has 2 aromatic carbocycles. The predicted molar refractivity (Wildman–Crippen MR) is 127 cm³/mol. The van der Waals surface area contributed by atoms with E-state index in [0.29, 0.717) is 42.3 Å². The molecular formula is C26H30N2O5. The van der Waals surface area contributed by atoms with Crippen LogP contribution in [0.5, 0.6) is 11.5 Å². The first kappa shape index (κ1) is 24.1. The number of hydrogen-bond donors (Lipinski definition) is 1. The van der Waals surface area contributed by atoms with Crippen molar-refractivity contribution < 1.29 is 24.2 Å². The normalized spacial score (nSPS) is 17.5. The summed E-state index contributed by atoms with van der Waals surface area (Å²) in [7, 11) is 5.31. The molecular weight excluding hydrogens is 420 g/mol. The standard InChI is InChI=1S/C26H30N2O5/c1-6-15-33-20-12-11-19(16-21(20)32-5)23-22(24(29)18-9-7-17(2)8-10-18)25(30)26(31)28(23)14-13-27(3)4/h6-12,16,23,29H,1,13-15H2,2-5H3/b24-22+.